The fourth-order valence-corrected chi connectivity index (χ4v) is 5.33. The number of nitrogens with one attached hydrogen (secondary N) is 1. The Morgan fingerprint density at radius 2 is 2.05 bits per heavy atom. The molecule has 1 aliphatic heterocycles. The average Bonchev–Trinajstić information content (AvgIpc) is 2.94. The summed E-state index contributed by atoms with van der Waals surface area (Å²) in [5.74, 6) is 5.37. The summed E-state index contributed by atoms with van der Waals surface area (Å²) in [6.45, 7) is 9.49. The van der Waals surface area contributed by atoms with Crippen LogP contribution in [0.2, 0.25) is 0 Å². The molecular formula is C17H34N2S. The van der Waals surface area contributed by atoms with E-state index in [4.69, 9.17) is 0 Å². The minimum Gasteiger partial charge on any atom is -0.314 e. The predicted octanol–water partition coefficient (Wildman–Crippen LogP) is 3.47. The minimum atomic E-state index is 0.756. The monoisotopic (exact) mass is 298 g/mol. The first kappa shape index (κ1) is 16.6. The highest BCUT2D eigenvalue weighted by atomic mass is 32.2. The van der Waals surface area contributed by atoms with E-state index in [9.17, 15) is 0 Å². The lowest BCUT2D eigenvalue weighted by atomic mass is 9.73. The van der Waals surface area contributed by atoms with Gasteiger partial charge in [-0.1, -0.05) is 20.8 Å². The lowest BCUT2D eigenvalue weighted by Gasteiger charge is -2.41. The SMILES string of the molecule is CCNC1CCC(C(C)C)CC1CN(C)C1CCSC1. The lowest BCUT2D eigenvalue weighted by molar-refractivity contribution is 0.119. The number of hydrogen-bond donors (Lipinski definition) is 1. The van der Waals surface area contributed by atoms with Crippen LogP contribution in [-0.2, 0) is 0 Å². The Morgan fingerprint density at radius 3 is 2.65 bits per heavy atom. The zero-order valence-corrected chi connectivity index (χ0v) is 14.7. The van der Waals surface area contributed by atoms with Crippen molar-refractivity contribution in [2.45, 2.75) is 58.5 Å². The van der Waals surface area contributed by atoms with Crippen molar-refractivity contribution in [1.29, 1.82) is 0 Å². The maximum Gasteiger partial charge on any atom is 0.0191 e. The standard InChI is InChI=1S/C17H34N2S/c1-5-18-17-7-6-14(13(2)3)10-15(17)11-19(4)16-8-9-20-12-16/h13-18H,5-12H2,1-4H3. The topological polar surface area (TPSA) is 15.3 Å². The van der Waals surface area contributed by atoms with Gasteiger partial charge in [-0.3, -0.25) is 0 Å². The summed E-state index contributed by atoms with van der Waals surface area (Å²) in [6.07, 6.45) is 5.64. The number of nitrogens with zero attached hydrogens (tertiary/aromatic N) is 1. The highest BCUT2D eigenvalue weighted by Gasteiger charge is 2.33. The van der Waals surface area contributed by atoms with Crippen LogP contribution in [0.25, 0.3) is 0 Å². The number of hydrogen-bond acceptors (Lipinski definition) is 3. The Hall–Kier alpha value is 0.270. The molecule has 0 radical (unpaired) electrons. The molecule has 1 saturated heterocycles. The second-order valence-electron chi connectivity index (χ2n) is 7.20. The van der Waals surface area contributed by atoms with Crippen LogP contribution in [0.15, 0.2) is 0 Å². The van der Waals surface area contributed by atoms with Gasteiger partial charge in [-0.2, -0.15) is 11.8 Å². The smallest absolute Gasteiger partial charge is 0.0191 e. The zero-order chi connectivity index (χ0) is 14.5. The second kappa shape index (κ2) is 8.05. The summed E-state index contributed by atoms with van der Waals surface area (Å²) < 4.78 is 0. The molecule has 0 aromatic carbocycles. The molecule has 2 rings (SSSR count). The molecule has 4 unspecified atom stereocenters. The Labute approximate surface area is 130 Å². The average molecular weight is 299 g/mol. The van der Waals surface area contributed by atoms with Gasteiger partial charge in [0.1, 0.15) is 0 Å². The van der Waals surface area contributed by atoms with Crippen LogP contribution in [0.3, 0.4) is 0 Å². The van der Waals surface area contributed by atoms with Gasteiger partial charge in [0.05, 0.1) is 0 Å². The molecule has 2 aliphatic rings. The second-order valence-corrected chi connectivity index (χ2v) is 8.35. The number of rotatable bonds is 6. The van der Waals surface area contributed by atoms with E-state index in [1.165, 1.54) is 43.7 Å². The normalized spacial score (nSPS) is 35.1. The molecule has 0 aromatic heterocycles. The van der Waals surface area contributed by atoms with Gasteiger partial charge in [-0.15, -0.1) is 0 Å². The summed E-state index contributed by atoms with van der Waals surface area (Å²) in [5.41, 5.74) is 0. The Balaban J connectivity index is 1.91. The highest BCUT2D eigenvalue weighted by Crippen LogP contribution is 2.35. The van der Waals surface area contributed by atoms with Crippen LogP contribution in [0.5, 0.6) is 0 Å². The van der Waals surface area contributed by atoms with Crippen LogP contribution in [0.1, 0.15) is 46.5 Å². The van der Waals surface area contributed by atoms with E-state index in [0.29, 0.717) is 0 Å². The molecule has 1 saturated carbocycles. The molecule has 0 bridgehead atoms. The van der Waals surface area contributed by atoms with Crippen molar-refractivity contribution in [2.75, 3.05) is 31.6 Å². The third kappa shape index (κ3) is 4.38. The molecule has 1 N–H and O–H groups in total. The molecule has 2 fully saturated rings. The Bertz CT molecular complexity index is 276. The molecular weight excluding hydrogens is 264 g/mol. The van der Waals surface area contributed by atoms with Crippen molar-refractivity contribution in [1.82, 2.24) is 10.2 Å². The van der Waals surface area contributed by atoms with Gasteiger partial charge in [-0.05, 0) is 62.8 Å². The third-order valence-corrected chi connectivity index (χ3v) is 6.63. The quantitative estimate of drug-likeness (QED) is 0.808. The van der Waals surface area contributed by atoms with E-state index < -0.39 is 0 Å². The molecule has 0 aromatic rings. The molecule has 1 aliphatic carbocycles. The van der Waals surface area contributed by atoms with Gasteiger partial charge in [0.25, 0.3) is 0 Å². The van der Waals surface area contributed by atoms with Crippen molar-refractivity contribution in [3.05, 3.63) is 0 Å². The van der Waals surface area contributed by atoms with E-state index in [1.807, 2.05) is 0 Å². The maximum absolute atomic E-state index is 3.76. The zero-order valence-electron chi connectivity index (χ0n) is 13.9. The van der Waals surface area contributed by atoms with Crippen molar-refractivity contribution < 1.29 is 0 Å². The van der Waals surface area contributed by atoms with E-state index in [1.54, 1.807) is 0 Å². The summed E-state index contributed by atoms with van der Waals surface area (Å²) in [5, 5.41) is 3.76. The van der Waals surface area contributed by atoms with E-state index in [-0.39, 0.29) is 0 Å². The molecule has 118 valence electrons. The van der Waals surface area contributed by atoms with Crippen molar-refractivity contribution in [3.8, 4) is 0 Å². The first-order valence-electron chi connectivity index (χ1n) is 8.63. The molecule has 3 heteroatoms. The van der Waals surface area contributed by atoms with Gasteiger partial charge in [0.15, 0.2) is 0 Å². The third-order valence-electron chi connectivity index (χ3n) is 5.48. The van der Waals surface area contributed by atoms with Crippen molar-refractivity contribution in [3.63, 3.8) is 0 Å². The molecule has 0 amide bonds. The lowest BCUT2D eigenvalue weighted by Crippen LogP contribution is -2.47. The summed E-state index contributed by atoms with van der Waals surface area (Å²) >= 11 is 2.13. The molecule has 20 heavy (non-hydrogen) atoms. The first-order valence-corrected chi connectivity index (χ1v) is 9.78. The molecule has 0 spiro atoms. The van der Waals surface area contributed by atoms with Crippen LogP contribution in [0.4, 0.5) is 0 Å². The summed E-state index contributed by atoms with van der Waals surface area (Å²) in [4.78, 5) is 2.66. The van der Waals surface area contributed by atoms with Crippen molar-refractivity contribution >= 4 is 11.8 Å². The Kier molecular flexibility index (Phi) is 6.70. The summed E-state index contributed by atoms with van der Waals surface area (Å²) in [6, 6.07) is 1.59. The molecule has 4 atom stereocenters. The largest absolute Gasteiger partial charge is 0.314 e. The Morgan fingerprint density at radius 1 is 1.25 bits per heavy atom. The molecule has 1 heterocycles. The predicted molar refractivity (Wildman–Crippen MR) is 91.5 cm³/mol. The van der Waals surface area contributed by atoms with Crippen LogP contribution in [0, 0.1) is 17.8 Å². The van der Waals surface area contributed by atoms with Gasteiger partial charge in [0.2, 0.25) is 0 Å². The van der Waals surface area contributed by atoms with E-state index in [0.717, 1.165) is 36.4 Å². The summed E-state index contributed by atoms with van der Waals surface area (Å²) in [7, 11) is 2.36. The van der Waals surface area contributed by atoms with Gasteiger partial charge in [0, 0.05) is 24.4 Å². The van der Waals surface area contributed by atoms with Crippen LogP contribution >= 0.6 is 11.8 Å². The number of thioether (sulfide) groups is 1. The highest BCUT2D eigenvalue weighted by molar-refractivity contribution is 7.99. The van der Waals surface area contributed by atoms with E-state index in [2.05, 4.69) is 49.8 Å². The maximum atomic E-state index is 3.76. The van der Waals surface area contributed by atoms with Crippen molar-refractivity contribution in [2.24, 2.45) is 17.8 Å². The minimum absolute atomic E-state index is 0.756. The van der Waals surface area contributed by atoms with Gasteiger partial charge >= 0.3 is 0 Å². The molecule has 2 nitrogen and oxygen atoms in total. The van der Waals surface area contributed by atoms with Gasteiger partial charge < -0.3 is 10.2 Å². The van der Waals surface area contributed by atoms with Crippen LogP contribution < -0.4 is 5.32 Å². The fourth-order valence-electron chi connectivity index (χ4n) is 4.03. The van der Waals surface area contributed by atoms with Gasteiger partial charge in [-0.25, -0.2) is 0 Å². The fraction of sp³-hybridized carbons (Fsp3) is 1.00. The van der Waals surface area contributed by atoms with E-state index >= 15 is 0 Å². The van der Waals surface area contributed by atoms with Crippen LogP contribution in [-0.4, -0.2) is 48.6 Å². The first-order chi connectivity index (χ1) is 9.61.